The van der Waals surface area contributed by atoms with Gasteiger partial charge in [-0.15, -0.1) is 11.3 Å². The van der Waals surface area contributed by atoms with Gasteiger partial charge in [0.05, 0.1) is 22.7 Å². The van der Waals surface area contributed by atoms with Crippen molar-refractivity contribution in [2.75, 3.05) is 0 Å². The van der Waals surface area contributed by atoms with Crippen LogP contribution in [0.4, 0.5) is 0 Å². The first-order chi connectivity index (χ1) is 8.66. The lowest BCUT2D eigenvalue weighted by atomic mass is 10.2. The van der Waals surface area contributed by atoms with Crippen LogP contribution in [-0.2, 0) is 6.54 Å². The molecule has 2 rings (SSSR count). The van der Waals surface area contributed by atoms with Crippen molar-refractivity contribution >= 4 is 23.2 Å². The van der Waals surface area contributed by atoms with E-state index in [0.717, 1.165) is 0 Å². The molecule has 18 heavy (non-hydrogen) atoms. The van der Waals surface area contributed by atoms with Crippen LogP contribution in [0.1, 0.15) is 25.7 Å². The number of thiophene rings is 1. The molecule has 0 aliphatic heterocycles. The number of carboxylic acid groups (broad SMARTS) is 1. The molecule has 2 N–H and O–H groups in total. The fraction of sp³-hybridized carbons (Fsp3) is 0.0833. The quantitative estimate of drug-likeness (QED) is 0.880. The number of carbonyl (C=O) groups is 2. The lowest BCUT2D eigenvalue weighted by Crippen LogP contribution is -2.22. The van der Waals surface area contributed by atoms with E-state index >= 15 is 0 Å². The van der Waals surface area contributed by atoms with Crippen molar-refractivity contribution in [3.8, 4) is 0 Å². The average Bonchev–Trinajstić information content (AvgIpc) is 2.90. The summed E-state index contributed by atoms with van der Waals surface area (Å²) in [7, 11) is 0. The zero-order chi connectivity index (χ0) is 13.0. The SMILES string of the molecule is O=C(O)c1ccnc(CNC(=O)c2cccs2)c1. The number of aromatic nitrogens is 1. The predicted molar refractivity (Wildman–Crippen MR) is 66.7 cm³/mol. The number of hydrogen-bond acceptors (Lipinski definition) is 4. The van der Waals surface area contributed by atoms with Crippen molar-refractivity contribution in [2.45, 2.75) is 6.54 Å². The average molecular weight is 262 g/mol. The van der Waals surface area contributed by atoms with Crippen LogP contribution in [0.25, 0.3) is 0 Å². The van der Waals surface area contributed by atoms with Gasteiger partial charge in [-0.3, -0.25) is 9.78 Å². The number of hydrogen-bond donors (Lipinski definition) is 2. The van der Waals surface area contributed by atoms with E-state index in [2.05, 4.69) is 10.3 Å². The number of carboxylic acids is 1. The maximum absolute atomic E-state index is 11.7. The Morgan fingerprint density at radius 3 is 2.89 bits per heavy atom. The lowest BCUT2D eigenvalue weighted by Gasteiger charge is -2.03. The maximum Gasteiger partial charge on any atom is 0.335 e. The minimum absolute atomic E-state index is 0.158. The summed E-state index contributed by atoms with van der Waals surface area (Å²) in [4.78, 5) is 27.0. The van der Waals surface area contributed by atoms with Gasteiger partial charge in [0, 0.05) is 6.20 Å². The van der Waals surface area contributed by atoms with Gasteiger partial charge in [-0.2, -0.15) is 0 Å². The molecular formula is C12H10N2O3S. The monoisotopic (exact) mass is 262 g/mol. The number of aromatic carboxylic acids is 1. The second-order valence-electron chi connectivity index (χ2n) is 3.50. The molecule has 0 saturated heterocycles. The van der Waals surface area contributed by atoms with Crippen LogP contribution in [0.3, 0.4) is 0 Å². The van der Waals surface area contributed by atoms with Gasteiger partial charge < -0.3 is 10.4 Å². The fourth-order valence-corrected chi connectivity index (χ4v) is 2.01. The molecule has 0 unspecified atom stereocenters. The van der Waals surface area contributed by atoms with Crippen molar-refractivity contribution in [3.63, 3.8) is 0 Å². The van der Waals surface area contributed by atoms with Crippen LogP contribution in [0.15, 0.2) is 35.8 Å². The molecule has 5 nitrogen and oxygen atoms in total. The first kappa shape index (κ1) is 12.3. The molecule has 2 heterocycles. The molecule has 0 fully saturated rings. The topological polar surface area (TPSA) is 79.3 Å². The summed E-state index contributed by atoms with van der Waals surface area (Å²) in [5, 5.41) is 13.3. The second kappa shape index (κ2) is 5.42. The number of rotatable bonds is 4. The molecule has 0 saturated carbocycles. The Balaban J connectivity index is 2.00. The Labute approximate surface area is 107 Å². The molecule has 2 aromatic heterocycles. The smallest absolute Gasteiger partial charge is 0.335 e. The Hall–Kier alpha value is -2.21. The third kappa shape index (κ3) is 2.92. The van der Waals surface area contributed by atoms with Gasteiger partial charge in [-0.1, -0.05) is 6.07 Å². The number of carbonyl (C=O) groups excluding carboxylic acids is 1. The van der Waals surface area contributed by atoms with Crippen molar-refractivity contribution in [2.24, 2.45) is 0 Å². The van der Waals surface area contributed by atoms with Crippen molar-refractivity contribution in [3.05, 3.63) is 52.0 Å². The lowest BCUT2D eigenvalue weighted by molar-refractivity contribution is 0.0696. The molecule has 0 aliphatic rings. The summed E-state index contributed by atoms with van der Waals surface area (Å²) in [6, 6.07) is 6.37. The van der Waals surface area contributed by atoms with E-state index in [9.17, 15) is 9.59 Å². The molecule has 1 amide bonds. The third-order valence-corrected chi connectivity index (χ3v) is 3.11. The van der Waals surface area contributed by atoms with Crippen LogP contribution >= 0.6 is 11.3 Å². The van der Waals surface area contributed by atoms with Crippen LogP contribution in [0.2, 0.25) is 0 Å². The number of nitrogens with zero attached hydrogens (tertiary/aromatic N) is 1. The summed E-state index contributed by atoms with van der Waals surface area (Å²) < 4.78 is 0. The summed E-state index contributed by atoms with van der Waals surface area (Å²) in [5.74, 6) is -1.20. The summed E-state index contributed by atoms with van der Waals surface area (Å²) in [6.45, 7) is 0.206. The largest absolute Gasteiger partial charge is 0.478 e. The van der Waals surface area contributed by atoms with E-state index in [-0.39, 0.29) is 18.0 Å². The second-order valence-corrected chi connectivity index (χ2v) is 4.45. The summed E-state index contributed by atoms with van der Waals surface area (Å²) >= 11 is 1.35. The first-order valence-electron chi connectivity index (χ1n) is 5.17. The zero-order valence-electron chi connectivity index (χ0n) is 9.29. The molecule has 6 heteroatoms. The highest BCUT2D eigenvalue weighted by Gasteiger charge is 2.08. The highest BCUT2D eigenvalue weighted by atomic mass is 32.1. The van der Waals surface area contributed by atoms with Gasteiger partial charge >= 0.3 is 5.97 Å². The molecule has 0 atom stereocenters. The minimum Gasteiger partial charge on any atom is -0.478 e. The van der Waals surface area contributed by atoms with Crippen LogP contribution < -0.4 is 5.32 Å². The number of nitrogens with one attached hydrogen (secondary N) is 1. The fourth-order valence-electron chi connectivity index (χ4n) is 1.37. The van der Waals surface area contributed by atoms with Crippen molar-refractivity contribution < 1.29 is 14.7 Å². The minimum atomic E-state index is -1.01. The highest BCUT2D eigenvalue weighted by molar-refractivity contribution is 7.12. The molecular weight excluding hydrogens is 252 g/mol. The standard InChI is InChI=1S/C12H10N2O3S/c15-11(10-2-1-5-18-10)14-7-9-6-8(12(16)17)3-4-13-9/h1-6H,7H2,(H,14,15)(H,16,17). The predicted octanol–water partition coefficient (Wildman–Crippen LogP) is 1.77. The van der Waals surface area contributed by atoms with Gasteiger partial charge in [0.2, 0.25) is 0 Å². The number of pyridine rings is 1. The molecule has 0 spiro atoms. The van der Waals surface area contributed by atoms with Crippen LogP contribution in [0, 0.1) is 0 Å². The van der Waals surface area contributed by atoms with Crippen molar-refractivity contribution in [1.82, 2.24) is 10.3 Å². The Bertz CT molecular complexity index is 566. The zero-order valence-corrected chi connectivity index (χ0v) is 10.1. The van der Waals surface area contributed by atoms with E-state index in [1.165, 1.54) is 29.7 Å². The normalized spacial score (nSPS) is 10.0. The van der Waals surface area contributed by atoms with Gasteiger partial charge in [-0.05, 0) is 23.6 Å². The first-order valence-corrected chi connectivity index (χ1v) is 6.04. The van der Waals surface area contributed by atoms with Gasteiger partial charge in [0.15, 0.2) is 0 Å². The van der Waals surface area contributed by atoms with Gasteiger partial charge in [-0.25, -0.2) is 4.79 Å². The van der Waals surface area contributed by atoms with Gasteiger partial charge in [0.25, 0.3) is 5.91 Å². The van der Waals surface area contributed by atoms with Crippen LogP contribution in [0.5, 0.6) is 0 Å². The highest BCUT2D eigenvalue weighted by Crippen LogP contribution is 2.08. The van der Waals surface area contributed by atoms with E-state index < -0.39 is 5.97 Å². The Morgan fingerprint density at radius 1 is 1.39 bits per heavy atom. The third-order valence-electron chi connectivity index (χ3n) is 2.24. The Morgan fingerprint density at radius 2 is 2.22 bits per heavy atom. The van der Waals surface area contributed by atoms with E-state index in [1.807, 2.05) is 5.38 Å². The van der Waals surface area contributed by atoms with Gasteiger partial charge in [0.1, 0.15) is 0 Å². The van der Waals surface area contributed by atoms with E-state index in [4.69, 9.17) is 5.11 Å². The molecule has 92 valence electrons. The summed E-state index contributed by atoms with van der Waals surface area (Å²) in [6.07, 6.45) is 1.41. The summed E-state index contributed by atoms with van der Waals surface area (Å²) in [5.41, 5.74) is 0.671. The maximum atomic E-state index is 11.7. The molecule has 2 aromatic rings. The molecule has 0 radical (unpaired) electrons. The molecule has 0 bridgehead atoms. The Kier molecular flexibility index (Phi) is 3.69. The van der Waals surface area contributed by atoms with Crippen LogP contribution in [-0.4, -0.2) is 22.0 Å². The number of amides is 1. The molecule has 0 aliphatic carbocycles. The van der Waals surface area contributed by atoms with E-state index in [1.54, 1.807) is 12.1 Å². The molecule has 0 aromatic carbocycles. The van der Waals surface area contributed by atoms with Crippen molar-refractivity contribution in [1.29, 1.82) is 0 Å². The van der Waals surface area contributed by atoms with E-state index in [0.29, 0.717) is 10.6 Å².